The van der Waals surface area contributed by atoms with Crippen molar-refractivity contribution >= 4 is 18.0 Å². The van der Waals surface area contributed by atoms with Gasteiger partial charge in [0.05, 0.1) is 12.7 Å². The van der Waals surface area contributed by atoms with Crippen LogP contribution in [-0.4, -0.2) is 25.1 Å². The summed E-state index contributed by atoms with van der Waals surface area (Å²) in [7, 11) is 1.44. The van der Waals surface area contributed by atoms with Crippen LogP contribution in [0.25, 0.3) is 0 Å². The fourth-order valence-corrected chi connectivity index (χ4v) is 1.79. The molecule has 0 heterocycles. The number of esters is 1. The van der Waals surface area contributed by atoms with E-state index >= 15 is 0 Å². The summed E-state index contributed by atoms with van der Waals surface area (Å²) >= 11 is 0. The predicted molar refractivity (Wildman–Crippen MR) is 74.8 cm³/mol. The minimum absolute atomic E-state index is 0.0329. The van der Waals surface area contributed by atoms with Crippen molar-refractivity contribution < 1.29 is 23.9 Å². The van der Waals surface area contributed by atoms with Crippen LogP contribution < -0.4 is 9.47 Å². The first kappa shape index (κ1) is 14.5. The van der Waals surface area contributed by atoms with Crippen molar-refractivity contribution in [3.05, 3.63) is 59.7 Å². The van der Waals surface area contributed by atoms with Gasteiger partial charge in [-0.05, 0) is 24.3 Å². The summed E-state index contributed by atoms with van der Waals surface area (Å²) < 4.78 is 10.3. The van der Waals surface area contributed by atoms with Gasteiger partial charge in [0.15, 0.2) is 6.29 Å². The zero-order valence-electron chi connectivity index (χ0n) is 11.2. The summed E-state index contributed by atoms with van der Waals surface area (Å²) in [5.74, 6) is -1.02. The van der Waals surface area contributed by atoms with Crippen LogP contribution in [0.2, 0.25) is 0 Å². The van der Waals surface area contributed by atoms with Crippen molar-refractivity contribution in [3.8, 4) is 11.5 Å². The molecule has 5 nitrogen and oxygen atoms in total. The van der Waals surface area contributed by atoms with Gasteiger partial charge in [-0.1, -0.05) is 24.3 Å². The third kappa shape index (κ3) is 3.14. The smallest absolute Gasteiger partial charge is 0.347 e. The molecular weight excluding hydrogens is 272 g/mol. The van der Waals surface area contributed by atoms with Crippen molar-refractivity contribution in [1.82, 2.24) is 0 Å². The van der Waals surface area contributed by atoms with Crippen molar-refractivity contribution in [2.45, 2.75) is 0 Å². The molecule has 0 unspecified atom stereocenters. The third-order valence-corrected chi connectivity index (χ3v) is 2.79. The molecular formula is C16H12O5. The number of carbonyl (C=O) groups is 3. The van der Waals surface area contributed by atoms with Crippen LogP contribution >= 0.6 is 0 Å². The van der Waals surface area contributed by atoms with Crippen molar-refractivity contribution in [2.75, 3.05) is 7.11 Å². The van der Waals surface area contributed by atoms with Crippen LogP contribution in [0.5, 0.6) is 11.5 Å². The van der Waals surface area contributed by atoms with Gasteiger partial charge in [0.1, 0.15) is 17.1 Å². The molecule has 2 aromatic rings. The SMILES string of the molecule is COc1ccccc1C(=O)Oc1ccccc1C(=O)C=O. The lowest BCUT2D eigenvalue weighted by atomic mass is 10.1. The summed E-state index contributed by atoms with van der Waals surface area (Å²) in [6, 6.07) is 12.6. The van der Waals surface area contributed by atoms with Gasteiger partial charge < -0.3 is 9.47 Å². The second-order valence-electron chi connectivity index (χ2n) is 4.07. The van der Waals surface area contributed by atoms with Crippen molar-refractivity contribution in [3.63, 3.8) is 0 Å². The molecule has 0 bridgehead atoms. The molecule has 0 spiro atoms. The number of para-hydroxylation sites is 2. The number of Topliss-reactive ketones (excluding diaryl/α,β-unsaturated/α-hetero) is 1. The normalized spacial score (nSPS) is 9.76. The number of ether oxygens (including phenoxy) is 2. The Bertz CT molecular complexity index is 691. The Morgan fingerprint density at radius 1 is 0.905 bits per heavy atom. The molecule has 0 N–H and O–H groups in total. The fourth-order valence-electron chi connectivity index (χ4n) is 1.79. The Hall–Kier alpha value is -2.95. The van der Waals surface area contributed by atoms with Gasteiger partial charge >= 0.3 is 5.97 Å². The van der Waals surface area contributed by atoms with Gasteiger partial charge in [0.25, 0.3) is 0 Å². The first-order valence-electron chi connectivity index (χ1n) is 6.11. The molecule has 0 fully saturated rings. The summed E-state index contributed by atoms with van der Waals surface area (Å²) in [6.07, 6.45) is 0.176. The highest BCUT2D eigenvalue weighted by Gasteiger charge is 2.18. The zero-order chi connectivity index (χ0) is 15.2. The Morgan fingerprint density at radius 3 is 2.10 bits per heavy atom. The van der Waals surface area contributed by atoms with Gasteiger partial charge in [-0.15, -0.1) is 0 Å². The maximum Gasteiger partial charge on any atom is 0.347 e. The van der Waals surface area contributed by atoms with Gasteiger partial charge in [0, 0.05) is 0 Å². The lowest BCUT2D eigenvalue weighted by molar-refractivity contribution is -0.104. The van der Waals surface area contributed by atoms with Crippen LogP contribution in [0.3, 0.4) is 0 Å². The van der Waals surface area contributed by atoms with E-state index in [4.69, 9.17) is 9.47 Å². The van der Waals surface area contributed by atoms with Crippen LogP contribution in [0.15, 0.2) is 48.5 Å². The summed E-state index contributed by atoms with van der Waals surface area (Å²) in [6.45, 7) is 0. The van der Waals surface area contributed by atoms with E-state index in [1.54, 1.807) is 36.4 Å². The molecule has 0 amide bonds. The number of hydrogen-bond acceptors (Lipinski definition) is 5. The molecule has 0 atom stereocenters. The van der Waals surface area contributed by atoms with Crippen LogP contribution in [0.1, 0.15) is 20.7 Å². The first-order valence-corrected chi connectivity index (χ1v) is 6.11. The highest BCUT2D eigenvalue weighted by Crippen LogP contribution is 2.23. The molecule has 5 heteroatoms. The van der Waals surface area contributed by atoms with E-state index in [2.05, 4.69) is 0 Å². The second-order valence-corrected chi connectivity index (χ2v) is 4.07. The average Bonchev–Trinajstić information content (AvgIpc) is 2.54. The first-order chi connectivity index (χ1) is 10.2. The number of methoxy groups -OCH3 is 1. The van der Waals surface area contributed by atoms with Crippen LogP contribution in [-0.2, 0) is 4.79 Å². The standard InChI is InChI=1S/C16H12O5/c1-20-14-8-4-3-7-12(14)16(19)21-15-9-5-2-6-11(15)13(18)10-17/h2-10H,1H3. The van der Waals surface area contributed by atoms with Crippen molar-refractivity contribution in [1.29, 1.82) is 0 Å². The molecule has 0 radical (unpaired) electrons. The van der Waals surface area contributed by atoms with Gasteiger partial charge in [-0.2, -0.15) is 0 Å². The van der Waals surface area contributed by atoms with E-state index in [-0.39, 0.29) is 23.2 Å². The van der Waals surface area contributed by atoms with Gasteiger partial charge in [-0.25, -0.2) is 4.79 Å². The molecule has 2 rings (SSSR count). The maximum atomic E-state index is 12.2. The van der Waals surface area contributed by atoms with E-state index in [1.165, 1.54) is 19.2 Å². The minimum Gasteiger partial charge on any atom is -0.496 e. The van der Waals surface area contributed by atoms with E-state index in [0.29, 0.717) is 5.75 Å². The largest absolute Gasteiger partial charge is 0.496 e. The topological polar surface area (TPSA) is 69.7 Å². The van der Waals surface area contributed by atoms with E-state index in [9.17, 15) is 14.4 Å². The summed E-state index contributed by atoms with van der Waals surface area (Å²) in [4.78, 5) is 34.3. The molecule has 0 aliphatic rings. The molecule has 2 aromatic carbocycles. The van der Waals surface area contributed by atoms with Crippen molar-refractivity contribution in [2.24, 2.45) is 0 Å². The molecule has 0 aliphatic heterocycles. The summed E-state index contributed by atoms with van der Waals surface area (Å²) in [5, 5.41) is 0. The molecule has 0 aliphatic carbocycles. The Balaban J connectivity index is 2.32. The van der Waals surface area contributed by atoms with Crippen LogP contribution in [0, 0.1) is 0 Å². The third-order valence-electron chi connectivity index (χ3n) is 2.79. The second kappa shape index (κ2) is 6.47. The minimum atomic E-state index is -0.751. The highest BCUT2D eigenvalue weighted by molar-refractivity contribution is 6.34. The Morgan fingerprint density at radius 2 is 1.48 bits per heavy atom. The number of rotatable bonds is 5. The quantitative estimate of drug-likeness (QED) is 0.277. The zero-order valence-corrected chi connectivity index (χ0v) is 11.2. The number of benzene rings is 2. The predicted octanol–water partition coefficient (Wildman–Crippen LogP) is 2.30. The van der Waals surface area contributed by atoms with Crippen LogP contribution in [0.4, 0.5) is 0 Å². The molecule has 0 aromatic heterocycles. The average molecular weight is 284 g/mol. The number of carbonyl (C=O) groups excluding carboxylic acids is 3. The van der Waals surface area contributed by atoms with E-state index < -0.39 is 11.8 Å². The number of aldehydes is 1. The molecule has 21 heavy (non-hydrogen) atoms. The number of hydrogen-bond donors (Lipinski definition) is 0. The highest BCUT2D eigenvalue weighted by atomic mass is 16.5. The van der Waals surface area contributed by atoms with Gasteiger partial charge in [-0.3, -0.25) is 9.59 Å². The fraction of sp³-hybridized carbons (Fsp3) is 0.0625. The summed E-state index contributed by atoms with van der Waals surface area (Å²) in [5.41, 5.74) is 0.268. The monoisotopic (exact) mass is 284 g/mol. The number of ketones is 1. The molecule has 106 valence electrons. The lowest BCUT2D eigenvalue weighted by Crippen LogP contribution is -2.13. The molecule has 0 saturated carbocycles. The lowest BCUT2D eigenvalue weighted by Gasteiger charge is -2.10. The van der Waals surface area contributed by atoms with E-state index in [1.807, 2.05) is 0 Å². The Labute approximate surface area is 121 Å². The Kier molecular flexibility index (Phi) is 4.46. The molecule has 0 saturated heterocycles. The van der Waals surface area contributed by atoms with Gasteiger partial charge in [0.2, 0.25) is 5.78 Å². The maximum absolute atomic E-state index is 12.2. The van der Waals surface area contributed by atoms with E-state index in [0.717, 1.165) is 0 Å².